The van der Waals surface area contributed by atoms with E-state index < -0.39 is 0 Å². The second-order valence-electron chi connectivity index (χ2n) is 9.41. The second-order valence-corrected chi connectivity index (χ2v) is 9.41. The summed E-state index contributed by atoms with van der Waals surface area (Å²) in [5, 5.41) is 3.80. The molecular formula is C29H34N2O. The molecule has 3 aromatic rings. The average molecular weight is 427 g/mol. The maximum atomic E-state index is 5.64. The van der Waals surface area contributed by atoms with Crippen LogP contribution < -0.4 is 10.1 Å². The van der Waals surface area contributed by atoms with Crippen LogP contribution in [0.5, 0.6) is 5.75 Å². The SMILES string of the molecule is COc1ccc(C)cc1NC[C@H]1C2CCN(CC2)[C@H]1C(c1ccccc1)c1ccccc1. The topological polar surface area (TPSA) is 24.5 Å². The number of ether oxygens (including phenoxy) is 1. The minimum atomic E-state index is 0.381. The van der Waals surface area contributed by atoms with Gasteiger partial charge in [0.05, 0.1) is 12.8 Å². The van der Waals surface area contributed by atoms with Gasteiger partial charge in [-0.25, -0.2) is 0 Å². The van der Waals surface area contributed by atoms with Gasteiger partial charge >= 0.3 is 0 Å². The fraction of sp³-hybridized carbons (Fsp3) is 0.379. The van der Waals surface area contributed by atoms with Crippen molar-refractivity contribution < 1.29 is 4.74 Å². The minimum absolute atomic E-state index is 0.381. The van der Waals surface area contributed by atoms with Crippen LogP contribution in [0.15, 0.2) is 78.9 Å². The summed E-state index contributed by atoms with van der Waals surface area (Å²) in [6.07, 6.45) is 2.62. The van der Waals surface area contributed by atoms with E-state index in [1.807, 2.05) is 0 Å². The smallest absolute Gasteiger partial charge is 0.141 e. The third kappa shape index (κ3) is 4.14. The van der Waals surface area contributed by atoms with Crippen molar-refractivity contribution in [3.05, 3.63) is 95.6 Å². The maximum Gasteiger partial charge on any atom is 0.141 e. The fourth-order valence-electron chi connectivity index (χ4n) is 6.04. The van der Waals surface area contributed by atoms with Crippen molar-refractivity contribution in [1.29, 1.82) is 0 Å². The number of piperidine rings is 3. The highest BCUT2D eigenvalue weighted by atomic mass is 16.5. The predicted octanol–water partition coefficient (Wildman–Crippen LogP) is 5.96. The molecule has 3 fully saturated rings. The van der Waals surface area contributed by atoms with E-state index in [2.05, 4.69) is 96.0 Å². The molecule has 0 unspecified atom stereocenters. The van der Waals surface area contributed by atoms with Crippen LogP contribution in [0.2, 0.25) is 0 Å². The molecule has 0 aliphatic carbocycles. The van der Waals surface area contributed by atoms with Gasteiger partial charge < -0.3 is 10.1 Å². The van der Waals surface area contributed by atoms with E-state index in [4.69, 9.17) is 4.74 Å². The van der Waals surface area contributed by atoms with Crippen LogP contribution in [-0.4, -0.2) is 37.7 Å². The van der Waals surface area contributed by atoms with Crippen molar-refractivity contribution in [2.45, 2.75) is 31.7 Å². The van der Waals surface area contributed by atoms with Crippen molar-refractivity contribution in [2.75, 3.05) is 32.1 Å². The molecule has 0 amide bonds. The van der Waals surface area contributed by atoms with Gasteiger partial charge in [0, 0.05) is 18.5 Å². The van der Waals surface area contributed by atoms with E-state index in [1.165, 1.54) is 42.6 Å². The van der Waals surface area contributed by atoms with Crippen molar-refractivity contribution in [2.24, 2.45) is 11.8 Å². The number of anilines is 1. The number of benzene rings is 3. The molecule has 6 rings (SSSR count). The summed E-state index contributed by atoms with van der Waals surface area (Å²) in [6.45, 7) is 5.55. The Bertz CT molecular complexity index is 972. The lowest BCUT2D eigenvalue weighted by atomic mass is 9.67. The van der Waals surface area contributed by atoms with Crippen molar-refractivity contribution in [3.8, 4) is 5.75 Å². The first-order valence-electron chi connectivity index (χ1n) is 12.0. The summed E-state index contributed by atoms with van der Waals surface area (Å²) >= 11 is 0. The van der Waals surface area contributed by atoms with E-state index in [0.717, 1.165) is 23.9 Å². The maximum absolute atomic E-state index is 5.64. The zero-order valence-electron chi connectivity index (χ0n) is 19.2. The largest absolute Gasteiger partial charge is 0.495 e. The lowest BCUT2D eigenvalue weighted by molar-refractivity contribution is -0.0117. The summed E-state index contributed by atoms with van der Waals surface area (Å²) in [5.41, 5.74) is 5.22. The van der Waals surface area contributed by atoms with Crippen LogP contribution >= 0.6 is 0 Å². The Morgan fingerprint density at radius 1 is 0.906 bits per heavy atom. The molecule has 1 N–H and O–H groups in total. The summed E-state index contributed by atoms with van der Waals surface area (Å²) in [4.78, 5) is 2.77. The number of nitrogens with zero attached hydrogens (tertiary/aromatic N) is 1. The highest BCUT2D eigenvalue weighted by Crippen LogP contribution is 2.45. The monoisotopic (exact) mass is 426 g/mol. The van der Waals surface area contributed by atoms with Crippen LogP contribution in [0.4, 0.5) is 5.69 Å². The number of fused-ring (bicyclic) bond motifs is 3. The molecule has 0 radical (unpaired) electrons. The number of rotatable bonds is 7. The van der Waals surface area contributed by atoms with Crippen LogP contribution in [0.1, 0.15) is 35.4 Å². The number of methoxy groups -OCH3 is 1. The Morgan fingerprint density at radius 3 is 2.12 bits per heavy atom. The highest BCUT2D eigenvalue weighted by Gasteiger charge is 2.46. The first-order valence-corrected chi connectivity index (χ1v) is 12.0. The Morgan fingerprint density at radius 2 is 1.53 bits per heavy atom. The standard InChI is InChI=1S/C29H34N2O/c1-21-13-14-27(32-2)26(19-21)30-20-25-22-15-17-31(18-16-22)29(25)28(23-9-5-3-6-10-23)24-11-7-4-8-12-24/h3-14,19,22,25,28-30H,15-18,20H2,1-2H3/t25-,29+/m0/s1. The van der Waals surface area contributed by atoms with Gasteiger partial charge in [-0.15, -0.1) is 0 Å². The molecule has 0 aromatic heterocycles. The Kier molecular flexibility index (Phi) is 6.18. The van der Waals surface area contributed by atoms with Gasteiger partial charge in [0.25, 0.3) is 0 Å². The molecule has 3 aliphatic heterocycles. The van der Waals surface area contributed by atoms with E-state index in [0.29, 0.717) is 17.9 Å². The van der Waals surface area contributed by atoms with Crippen LogP contribution in [0, 0.1) is 18.8 Å². The normalized spacial score (nSPS) is 24.5. The van der Waals surface area contributed by atoms with Gasteiger partial charge in [-0.2, -0.15) is 0 Å². The molecule has 2 atom stereocenters. The first-order chi connectivity index (χ1) is 15.7. The second kappa shape index (κ2) is 9.38. The highest BCUT2D eigenvalue weighted by molar-refractivity contribution is 5.58. The molecule has 3 nitrogen and oxygen atoms in total. The minimum Gasteiger partial charge on any atom is -0.495 e. The van der Waals surface area contributed by atoms with E-state index >= 15 is 0 Å². The van der Waals surface area contributed by atoms with E-state index in [1.54, 1.807) is 7.11 Å². The molecule has 3 aliphatic rings. The third-order valence-corrected chi connectivity index (χ3v) is 7.58. The van der Waals surface area contributed by atoms with Crippen molar-refractivity contribution >= 4 is 5.69 Å². The molecular weight excluding hydrogens is 392 g/mol. The summed E-state index contributed by atoms with van der Waals surface area (Å²) in [5.74, 6) is 2.67. The van der Waals surface area contributed by atoms with Gasteiger partial charge in [0.15, 0.2) is 0 Å². The number of hydrogen-bond acceptors (Lipinski definition) is 3. The van der Waals surface area contributed by atoms with Crippen molar-refractivity contribution in [3.63, 3.8) is 0 Å². The molecule has 3 heterocycles. The molecule has 0 spiro atoms. The Hall–Kier alpha value is -2.78. The van der Waals surface area contributed by atoms with Crippen LogP contribution in [-0.2, 0) is 0 Å². The van der Waals surface area contributed by atoms with Gasteiger partial charge in [-0.05, 0) is 73.5 Å². The number of nitrogens with one attached hydrogen (secondary N) is 1. The lowest BCUT2D eigenvalue weighted by Gasteiger charge is -2.54. The summed E-state index contributed by atoms with van der Waals surface area (Å²) < 4.78 is 5.64. The molecule has 32 heavy (non-hydrogen) atoms. The number of hydrogen-bond donors (Lipinski definition) is 1. The van der Waals surface area contributed by atoms with Crippen molar-refractivity contribution in [1.82, 2.24) is 4.90 Å². The molecule has 3 saturated heterocycles. The first kappa shape index (κ1) is 21.1. The molecule has 166 valence electrons. The zero-order valence-corrected chi connectivity index (χ0v) is 19.2. The van der Waals surface area contributed by atoms with E-state index in [-0.39, 0.29) is 0 Å². The molecule has 3 aromatic carbocycles. The Labute approximate surface area is 192 Å². The van der Waals surface area contributed by atoms with Gasteiger partial charge in [-0.1, -0.05) is 66.7 Å². The Balaban J connectivity index is 1.49. The summed E-state index contributed by atoms with van der Waals surface area (Å²) in [6, 6.07) is 29.2. The summed E-state index contributed by atoms with van der Waals surface area (Å²) in [7, 11) is 1.76. The van der Waals surface area contributed by atoms with Gasteiger partial charge in [-0.3, -0.25) is 4.90 Å². The zero-order chi connectivity index (χ0) is 21.9. The molecule has 3 heteroatoms. The van der Waals surface area contributed by atoms with Gasteiger partial charge in [0.2, 0.25) is 0 Å². The van der Waals surface area contributed by atoms with E-state index in [9.17, 15) is 0 Å². The number of aryl methyl sites for hydroxylation is 1. The quantitative estimate of drug-likeness (QED) is 0.505. The molecule has 2 bridgehead atoms. The third-order valence-electron chi connectivity index (χ3n) is 7.58. The lowest BCUT2D eigenvalue weighted by Crippen LogP contribution is -2.58. The van der Waals surface area contributed by atoms with Crippen LogP contribution in [0.3, 0.4) is 0 Å². The van der Waals surface area contributed by atoms with Gasteiger partial charge in [0.1, 0.15) is 5.75 Å². The average Bonchev–Trinajstić information content (AvgIpc) is 2.85. The fourth-order valence-corrected chi connectivity index (χ4v) is 6.04. The molecule has 0 saturated carbocycles. The van der Waals surface area contributed by atoms with Crippen LogP contribution in [0.25, 0.3) is 0 Å². The predicted molar refractivity (Wildman–Crippen MR) is 133 cm³/mol.